The molecular weight excluding hydrogens is 431 g/mol. The minimum atomic E-state index is -1.00. The van der Waals surface area contributed by atoms with E-state index in [4.69, 9.17) is 9.47 Å². The van der Waals surface area contributed by atoms with Gasteiger partial charge in [0.05, 0.1) is 19.8 Å². The van der Waals surface area contributed by atoms with Gasteiger partial charge in [0.25, 0.3) is 0 Å². The van der Waals surface area contributed by atoms with E-state index >= 15 is 0 Å². The van der Waals surface area contributed by atoms with Gasteiger partial charge in [-0.1, -0.05) is 30.3 Å². The first-order chi connectivity index (χ1) is 16.0. The maximum Gasteiger partial charge on any atom is 0.223 e. The van der Waals surface area contributed by atoms with E-state index in [0.29, 0.717) is 36.3 Å². The molecule has 1 fully saturated rings. The maximum atomic E-state index is 14.2. The number of likely N-dealkylation sites (tertiary alicyclic amines) is 1. The van der Waals surface area contributed by atoms with Crippen LogP contribution in [0.4, 0.5) is 13.2 Å². The van der Waals surface area contributed by atoms with Crippen LogP contribution in [0.2, 0.25) is 0 Å². The van der Waals surface area contributed by atoms with Gasteiger partial charge in [0.1, 0.15) is 17.7 Å². The minimum Gasteiger partial charge on any atom is -0.497 e. The van der Waals surface area contributed by atoms with Crippen molar-refractivity contribution in [3.63, 3.8) is 0 Å². The summed E-state index contributed by atoms with van der Waals surface area (Å²) in [5.41, 5.74) is 1.88. The summed E-state index contributed by atoms with van der Waals surface area (Å²) < 4.78 is 53.0. The van der Waals surface area contributed by atoms with E-state index in [2.05, 4.69) is 0 Å². The van der Waals surface area contributed by atoms with Crippen molar-refractivity contribution in [2.24, 2.45) is 0 Å². The Morgan fingerprint density at radius 1 is 0.909 bits per heavy atom. The van der Waals surface area contributed by atoms with E-state index in [-0.39, 0.29) is 12.5 Å². The van der Waals surface area contributed by atoms with E-state index in [0.717, 1.165) is 17.7 Å². The number of rotatable bonds is 8. The van der Waals surface area contributed by atoms with E-state index in [1.165, 1.54) is 18.2 Å². The monoisotopic (exact) mass is 455 g/mol. The number of carbonyl (C=O) groups excluding carboxylic acids is 1. The molecule has 3 aromatic rings. The SMILES string of the molecule is COc1ccc(CO[C@@H](c2ccc(F)c(F)c2)[C@@H](c2ccc(F)cc2)N2CCCC2=O)cc1. The maximum absolute atomic E-state index is 14.2. The Hall–Kier alpha value is -3.32. The smallest absolute Gasteiger partial charge is 0.223 e. The zero-order valence-corrected chi connectivity index (χ0v) is 18.1. The summed E-state index contributed by atoms with van der Waals surface area (Å²) >= 11 is 0. The number of amides is 1. The highest BCUT2D eigenvalue weighted by Crippen LogP contribution is 2.40. The Morgan fingerprint density at radius 3 is 2.21 bits per heavy atom. The molecule has 7 heteroatoms. The molecule has 0 unspecified atom stereocenters. The Kier molecular flexibility index (Phi) is 6.99. The molecule has 0 saturated carbocycles. The summed E-state index contributed by atoms with van der Waals surface area (Å²) in [5, 5.41) is 0. The van der Waals surface area contributed by atoms with Crippen LogP contribution in [-0.4, -0.2) is 24.5 Å². The molecule has 0 radical (unpaired) electrons. The summed E-state index contributed by atoms with van der Waals surface area (Å²) in [5.74, 6) is -1.75. The lowest BCUT2D eigenvalue weighted by Gasteiger charge is -2.35. The standard InChI is InChI=1S/C26H24F3NO3/c1-32-21-11-4-17(5-12-21)16-33-26(19-8-13-22(28)23(29)15-19)25(30-14-2-3-24(30)31)18-6-9-20(27)10-7-18/h4-13,15,25-26H,2-3,14,16H2,1H3/t25-,26+/m1/s1. The summed E-state index contributed by atoms with van der Waals surface area (Å²) in [4.78, 5) is 14.4. The van der Waals surface area contributed by atoms with Crippen molar-refractivity contribution >= 4 is 5.91 Å². The third-order valence-corrected chi connectivity index (χ3v) is 5.80. The molecule has 4 nitrogen and oxygen atoms in total. The molecule has 0 aromatic heterocycles. The number of hydrogen-bond donors (Lipinski definition) is 0. The molecule has 1 aliphatic heterocycles. The molecule has 0 bridgehead atoms. The van der Waals surface area contributed by atoms with Gasteiger partial charge in [0, 0.05) is 13.0 Å². The molecule has 0 spiro atoms. The molecular formula is C26H24F3NO3. The van der Waals surface area contributed by atoms with E-state index in [1.807, 2.05) is 12.1 Å². The first-order valence-corrected chi connectivity index (χ1v) is 10.7. The molecule has 4 rings (SSSR count). The predicted molar refractivity (Wildman–Crippen MR) is 117 cm³/mol. The third kappa shape index (κ3) is 5.20. The van der Waals surface area contributed by atoms with Crippen molar-refractivity contribution in [3.05, 3.63) is 101 Å². The van der Waals surface area contributed by atoms with Crippen LogP contribution >= 0.6 is 0 Å². The molecule has 1 amide bonds. The van der Waals surface area contributed by atoms with E-state index in [1.54, 1.807) is 36.3 Å². The molecule has 172 valence electrons. The highest BCUT2D eigenvalue weighted by Gasteiger charge is 2.36. The molecule has 2 atom stereocenters. The van der Waals surface area contributed by atoms with Crippen LogP contribution in [-0.2, 0) is 16.1 Å². The highest BCUT2D eigenvalue weighted by molar-refractivity contribution is 5.78. The van der Waals surface area contributed by atoms with Gasteiger partial charge in [-0.25, -0.2) is 13.2 Å². The second kappa shape index (κ2) is 10.1. The van der Waals surface area contributed by atoms with Crippen LogP contribution in [0.25, 0.3) is 0 Å². The van der Waals surface area contributed by atoms with Crippen LogP contribution in [0.1, 0.15) is 41.7 Å². The van der Waals surface area contributed by atoms with Gasteiger partial charge < -0.3 is 14.4 Å². The Labute approximate surface area is 190 Å². The molecule has 1 aliphatic rings. The van der Waals surface area contributed by atoms with Crippen LogP contribution in [0.15, 0.2) is 66.7 Å². The van der Waals surface area contributed by atoms with Crippen LogP contribution in [0.3, 0.4) is 0 Å². The number of ether oxygens (including phenoxy) is 2. The topological polar surface area (TPSA) is 38.8 Å². The van der Waals surface area contributed by atoms with Crippen molar-refractivity contribution < 1.29 is 27.4 Å². The summed E-state index contributed by atoms with van der Waals surface area (Å²) in [7, 11) is 1.57. The number of carbonyl (C=O) groups is 1. The third-order valence-electron chi connectivity index (χ3n) is 5.80. The van der Waals surface area contributed by atoms with Crippen molar-refractivity contribution in [2.75, 3.05) is 13.7 Å². The van der Waals surface area contributed by atoms with Crippen molar-refractivity contribution in [2.45, 2.75) is 31.6 Å². The quantitative estimate of drug-likeness (QED) is 0.435. The van der Waals surface area contributed by atoms with Crippen LogP contribution in [0.5, 0.6) is 5.75 Å². The van der Waals surface area contributed by atoms with Gasteiger partial charge in [0.2, 0.25) is 5.91 Å². The molecule has 0 aliphatic carbocycles. The molecule has 33 heavy (non-hydrogen) atoms. The van der Waals surface area contributed by atoms with Crippen molar-refractivity contribution in [1.29, 1.82) is 0 Å². The second-order valence-electron chi connectivity index (χ2n) is 7.94. The number of halogens is 3. The fourth-order valence-corrected chi connectivity index (χ4v) is 4.11. The van der Waals surface area contributed by atoms with Crippen LogP contribution in [0, 0.1) is 17.5 Å². The number of methoxy groups -OCH3 is 1. The van der Waals surface area contributed by atoms with E-state index < -0.39 is 29.6 Å². The van der Waals surface area contributed by atoms with Gasteiger partial charge in [-0.15, -0.1) is 0 Å². The van der Waals surface area contributed by atoms with Gasteiger partial charge in [-0.05, 0) is 59.5 Å². The van der Waals surface area contributed by atoms with Crippen molar-refractivity contribution in [3.8, 4) is 5.75 Å². The zero-order valence-electron chi connectivity index (χ0n) is 18.1. The minimum absolute atomic E-state index is 0.0649. The largest absolute Gasteiger partial charge is 0.497 e. The Morgan fingerprint density at radius 2 is 1.61 bits per heavy atom. The lowest BCUT2D eigenvalue weighted by atomic mass is 9.94. The summed E-state index contributed by atoms with van der Waals surface area (Å²) in [6.45, 7) is 0.653. The first-order valence-electron chi connectivity index (χ1n) is 10.7. The predicted octanol–water partition coefficient (Wildman–Crippen LogP) is 5.73. The number of nitrogens with zero attached hydrogens (tertiary/aromatic N) is 1. The summed E-state index contributed by atoms with van der Waals surface area (Å²) in [6.07, 6.45) is 0.259. The molecule has 3 aromatic carbocycles. The molecule has 0 N–H and O–H groups in total. The number of hydrogen-bond acceptors (Lipinski definition) is 3. The van der Waals surface area contributed by atoms with Gasteiger partial charge in [0.15, 0.2) is 11.6 Å². The Balaban J connectivity index is 1.73. The average molecular weight is 455 g/mol. The van der Waals surface area contributed by atoms with Crippen LogP contribution < -0.4 is 4.74 Å². The normalized spacial score (nSPS) is 15.5. The number of benzene rings is 3. The fraction of sp³-hybridized carbons (Fsp3) is 0.269. The lowest BCUT2D eigenvalue weighted by molar-refractivity contribution is -0.134. The lowest BCUT2D eigenvalue weighted by Crippen LogP contribution is -2.35. The van der Waals surface area contributed by atoms with E-state index in [9.17, 15) is 18.0 Å². The average Bonchev–Trinajstić information content (AvgIpc) is 3.25. The van der Waals surface area contributed by atoms with Crippen molar-refractivity contribution in [1.82, 2.24) is 4.90 Å². The highest BCUT2D eigenvalue weighted by atomic mass is 19.2. The molecule has 1 heterocycles. The van der Waals surface area contributed by atoms with Gasteiger partial charge in [-0.2, -0.15) is 0 Å². The first kappa shape index (κ1) is 22.9. The van der Waals surface area contributed by atoms with Gasteiger partial charge >= 0.3 is 0 Å². The van der Waals surface area contributed by atoms with Gasteiger partial charge in [-0.3, -0.25) is 4.79 Å². The molecule has 1 saturated heterocycles. The second-order valence-corrected chi connectivity index (χ2v) is 7.94. The Bertz CT molecular complexity index is 1100. The summed E-state index contributed by atoms with van der Waals surface area (Å²) in [6, 6.07) is 16.0. The zero-order chi connectivity index (χ0) is 23.4. The fourth-order valence-electron chi connectivity index (χ4n) is 4.11.